The van der Waals surface area contributed by atoms with Crippen molar-refractivity contribution in [1.29, 1.82) is 0 Å². The lowest BCUT2D eigenvalue weighted by Gasteiger charge is -2.25. The summed E-state index contributed by atoms with van der Waals surface area (Å²) in [6, 6.07) is 5.53. The molecule has 0 saturated carbocycles. The van der Waals surface area contributed by atoms with Crippen LogP contribution < -0.4 is 14.8 Å². The van der Waals surface area contributed by atoms with Crippen molar-refractivity contribution in [2.75, 3.05) is 26.3 Å². The van der Waals surface area contributed by atoms with Gasteiger partial charge in [-0.3, -0.25) is 9.59 Å². The molecule has 2 amide bonds. The average molecular weight is 376 g/mol. The lowest BCUT2D eigenvalue weighted by molar-refractivity contribution is -0.140. The van der Waals surface area contributed by atoms with Crippen LogP contribution in [0.1, 0.15) is 46.1 Å². The largest absolute Gasteiger partial charge is 0.490 e. The molecule has 1 aliphatic heterocycles. The Morgan fingerprint density at radius 2 is 1.89 bits per heavy atom. The van der Waals surface area contributed by atoms with Crippen molar-refractivity contribution >= 4 is 11.8 Å². The quantitative estimate of drug-likeness (QED) is 0.720. The highest BCUT2D eigenvalue weighted by atomic mass is 16.5. The van der Waals surface area contributed by atoms with Crippen LogP contribution in [0.4, 0.5) is 0 Å². The molecule has 150 valence electrons. The molecule has 0 aliphatic carbocycles. The van der Waals surface area contributed by atoms with Crippen LogP contribution >= 0.6 is 0 Å². The van der Waals surface area contributed by atoms with Gasteiger partial charge >= 0.3 is 0 Å². The van der Waals surface area contributed by atoms with Gasteiger partial charge < -0.3 is 19.7 Å². The molecule has 1 N–H and O–H groups in total. The van der Waals surface area contributed by atoms with Gasteiger partial charge in [0.15, 0.2) is 11.5 Å². The van der Waals surface area contributed by atoms with Gasteiger partial charge in [-0.1, -0.05) is 19.9 Å². The van der Waals surface area contributed by atoms with Crippen LogP contribution in [-0.2, 0) is 16.0 Å². The number of carbonyl (C=O) groups excluding carboxylic acids is 2. The zero-order valence-electron chi connectivity index (χ0n) is 16.9. The minimum Gasteiger partial charge on any atom is -0.490 e. The topological polar surface area (TPSA) is 67.9 Å². The highest BCUT2D eigenvalue weighted by Crippen LogP contribution is 2.28. The number of hydrogen-bond donors (Lipinski definition) is 1. The van der Waals surface area contributed by atoms with Crippen molar-refractivity contribution in [2.45, 2.75) is 53.0 Å². The molecule has 1 heterocycles. The summed E-state index contributed by atoms with van der Waals surface area (Å²) in [5.74, 6) is 1.38. The number of ether oxygens (including phenoxy) is 2. The molecule has 6 heteroatoms. The van der Waals surface area contributed by atoms with Gasteiger partial charge in [0.05, 0.1) is 13.2 Å². The fraction of sp³-hybridized carbons (Fsp3) is 0.619. The van der Waals surface area contributed by atoms with E-state index in [0.29, 0.717) is 32.7 Å². The molecule has 1 aromatic rings. The van der Waals surface area contributed by atoms with Gasteiger partial charge in [0.25, 0.3) is 0 Å². The van der Waals surface area contributed by atoms with Gasteiger partial charge in [-0.15, -0.1) is 0 Å². The summed E-state index contributed by atoms with van der Waals surface area (Å²) >= 11 is 0. The van der Waals surface area contributed by atoms with Gasteiger partial charge in [0.2, 0.25) is 11.8 Å². The summed E-state index contributed by atoms with van der Waals surface area (Å²) in [6.07, 6.45) is 2.32. The number of rotatable bonds is 9. The molecule has 6 nitrogen and oxygen atoms in total. The molecule has 1 atom stereocenters. The van der Waals surface area contributed by atoms with Crippen molar-refractivity contribution in [3.8, 4) is 11.5 Å². The zero-order valence-corrected chi connectivity index (χ0v) is 16.9. The van der Waals surface area contributed by atoms with Gasteiger partial charge in [0.1, 0.15) is 6.04 Å². The Balaban J connectivity index is 1.90. The smallest absolute Gasteiger partial charge is 0.242 e. The lowest BCUT2D eigenvalue weighted by atomic mass is 10.1. The Morgan fingerprint density at radius 3 is 2.56 bits per heavy atom. The number of nitrogens with zero attached hydrogens (tertiary/aromatic N) is 1. The standard InChI is InChI=1S/C21H32N2O4/c1-5-26-18-10-9-16(14-19(18)27-6-2)11-12-22-20(24)17-8-7-13-23(17)21(25)15(3)4/h9-10,14-15,17H,5-8,11-13H2,1-4H3,(H,22,24). The van der Waals surface area contributed by atoms with E-state index in [4.69, 9.17) is 9.47 Å². The van der Waals surface area contributed by atoms with E-state index >= 15 is 0 Å². The van der Waals surface area contributed by atoms with E-state index in [-0.39, 0.29) is 23.8 Å². The summed E-state index contributed by atoms with van der Waals surface area (Å²) in [6.45, 7) is 9.98. The second kappa shape index (κ2) is 10.2. The molecule has 1 unspecified atom stereocenters. The Bertz CT molecular complexity index is 645. The maximum absolute atomic E-state index is 12.5. The first-order valence-corrected chi connectivity index (χ1v) is 9.94. The fourth-order valence-corrected chi connectivity index (χ4v) is 3.33. The number of benzene rings is 1. The SMILES string of the molecule is CCOc1ccc(CCNC(=O)C2CCCN2C(=O)C(C)C)cc1OCC. The molecule has 0 bridgehead atoms. The number of likely N-dealkylation sites (tertiary alicyclic amines) is 1. The maximum atomic E-state index is 12.5. The third-order valence-electron chi connectivity index (χ3n) is 4.65. The summed E-state index contributed by atoms with van der Waals surface area (Å²) in [5.41, 5.74) is 1.07. The Kier molecular flexibility index (Phi) is 7.95. The first-order chi connectivity index (χ1) is 13.0. The van der Waals surface area contributed by atoms with E-state index in [1.165, 1.54) is 0 Å². The molecule has 1 fully saturated rings. The number of nitrogens with one attached hydrogen (secondary N) is 1. The van der Waals surface area contributed by atoms with E-state index in [0.717, 1.165) is 29.9 Å². The van der Waals surface area contributed by atoms with Crippen molar-refractivity contribution < 1.29 is 19.1 Å². The van der Waals surface area contributed by atoms with Crippen LogP contribution in [0.15, 0.2) is 18.2 Å². The molecule has 0 radical (unpaired) electrons. The minimum atomic E-state index is -0.334. The lowest BCUT2D eigenvalue weighted by Crippen LogP contribution is -2.47. The minimum absolute atomic E-state index is 0.0560. The predicted molar refractivity (Wildman–Crippen MR) is 105 cm³/mol. The van der Waals surface area contributed by atoms with Gasteiger partial charge in [-0.2, -0.15) is 0 Å². The first-order valence-electron chi connectivity index (χ1n) is 9.94. The van der Waals surface area contributed by atoms with Gasteiger partial charge in [-0.05, 0) is 50.8 Å². The zero-order chi connectivity index (χ0) is 19.8. The summed E-state index contributed by atoms with van der Waals surface area (Å²) in [4.78, 5) is 26.5. The van der Waals surface area contributed by atoms with Crippen LogP contribution in [0.5, 0.6) is 11.5 Å². The summed E-state index contributed by atoms with van der Waals surface area (Å²) < 4.78 is 11.2. The third kappa shape index (κ3) is 5.62. The number of carbonyl (C=O) groups is 2. The van der Waals surface area contributed by atoms with Crippen LogP contribution in [0.3, 0.4) is 0 Å². The molecule has 1 aromatic carbocycles. The predicted octanol–water partition coefficient (Wildman–Crippen LogP) is 2.79. The maximum Gasteiger partial charge on any atom is 0.242 e. The first kappa shape index (κ1) is 21.1. The van der Waals surface area contributed by atoms with Gasteiger partial charge in [-0.25, -0.2) is 0 Å². The van der Waals surface area contributed by atoms with E-state index in [1.54, 1.807) is 4.90 Å². The fourth-order valence-electron chi connectivity index (χ4n) is 3.33. The number of hydrogen-bond acceptors (Lipinski definition) is 4. The van der Waals surface area contributed by atoms with E-state index < -0.39 is 0 Å². The summed E-state index contributed by atoms with van der Waals surface area (Å²) in [7, 11) is 0. The summed E-state index contributed by atoms with van der Waals surface area (Å²) in [5, 5.41) is 2.98. The number of amides is 2. The molecule has 1 aliphatic rings. The molecule has 27 heavy (non-hydrogen) atoms. The Labute approximate surface area is 162 Å². The van der Waals surface area contributed by atoms with Crippen LogP contribution in [0.2, 0.25) is 0 Å². The van der Waals surface area contributed by atoms with E-state index in [9.17, 15) is 9.59 Å². The Morgan fingerprint density at radius 1 is 1.19 bits per heavy atom. The monoisotopic (exact) mass is 376 g/mol. The third-order valence-corrected chi connectivity index (χ3v) is 4.65. The molecule has 0 spiro atoms. The second-order valence-electron chi connectivity index (χ2n) is 7.03. The van der Waals surface area contributed by atoms with Crippen LogP contribution in [0, 0.1) is 5.92 Å². The molecule has 2 rings (SSSR count). The van der Waals surface area contributed by atoms with Crippen molar-refractivity contribution in [3.05, 3.63) is 23.8 Å². The van der Waals surface area contributed by atoms with Crippen molar-refractivity contribution in [2.24, 2.45) is 5.92 Å². The molecule has 1 saturated heterocycles. The molecular formula is C21H32N2O4. The van der Waals surface area contributed by atoms with E-state index in [1.807, 2.05) is 45.9 Å². The van der Waals surface area contributed by atoms with Crippen LogP contribution in [0.25, 0.3) is 0 Å². The normalized spacial score (nSPS) is 16.5. The molecular weight excluding hydrogens is 344 g/mol. The average Bonchev–Trinajstić information content (AvgIpc) is 3.13. The van der Waals surface area contributed by atoms with Crippen molar-refractivity contribution in [1.82, 2.24) is 10.2 Å². The molecule has 0 aromatic heterocycles. The van der Waals surface area contributed by atoms with Crippen molar-refractivity contribution in [3.63, 3.8) is 0 Å². The highest BCUT2D eigenvalue weighted by molar-refractivity contribution is 5.88. The van der Waals surface area contributed by atoms with E-state index in [2.05, 4.69) is 5.32 Å². The second-order valence-corrected chi connectivity index (χ2v) is 7.03. The Hall–Kier alpha value is -2.24. The van der Waals surface area contributed by atoms with Crippen LogP contribution in [-0.4, -0.2) is 49.1 Å². The highest BCUT2D eigenvalue weighted by Gasteiger charge is 2.34. The van der Waals surface area contributed by atoms with Gasteiger partial charge in [0, 0.05) is 19.0 Å².